The molecule has 1 fully saturated rings. The lowest BCUT2D eigenvalue weighted by molar-refractivity contribution is 0.0515. The normalized spacial score (nSPS) is 20.6. The Morgan fingerprint density at radius 3 is 2.89 bits per heavy atom. The second kappa shape index (κ2) is 6.15. The van der Waals surface area contributed by atoms with E-state index in [2.05, 4.69) is 4.90 Å². The Morgan fingerprint density at radius 1 is 1.53 bits per heavy atom. The number of nitrogens with two attached hydrogens (primary N) is 1. The first-order chi connectivity index (χ1) is 9.02. The SMILES string of the molecule is CN1CCN(C(=O)c2ccc(F)cc2I)C(CN)C1. The van der Waals surface area contributed by atoms with E-state index in [0.717, 1.165) is 13.1 Å². The van der Waals surface area contributed by atoms with Gasteiger partial charge >= 0.3 is 0 Å². The van der Waals surface area contributed by atoms with E-state index in [4.69, 9.17) is 5.73 Å². The van der Waals surface area contributed by atoms with Crippen molar-refractivity contribution in [3.05, 3.63) is 33.1 Å². The van der Waals surface area contributed by atoms with Crippen LogP contribution in [0.4, 0.5) is 4.39 Å². The fourth-order valence-corrected chi connectivity index (χ4v) is 3.01. The van der Waals surface area contributed by atoms with Crippen LogP contribution in [0.25, 0.3) is 0 Å². The number of hydrogen-bond acceptors (Lipinski definition) is 3. The van der Waals surface area contributed by atoms with E-state index >= 15 is 0 Å². The third kappa shape index (κ3) is 3.24. The molecule has 1 aromatic carbocycles. The van der Waals surface area contributed by atoms with Crippen molar-refractivity contribution in [3.8, 4) is 0 Å². The van der Waals surface area contributed by atoms with Gasteiger partial charge in [-0.3, -0.25) is 4.79 Å². The molecule has 6 heteroatoms. The van der Waals surface area contributed by atoms with Gasteiger partial charge in [-0.05, 0) is 47.8 Å². The van der Waals surface area contributed by atoms with Gasteiger partial charge in [0.15, 0.2) is 0 Å². The zero-order valence-corrected chi connectivity index (χ0v) is 12.9. The van der Waals surface area contributed by atoms with Crippen LogP contribution in [0.3, 0.4) is 0 Å². The van der Waals surface area contributed by atoms with Crippen LogP contribution in [0.5, 0.6) is 0 Å². The van der Waals surface area contributed by atoms with Gasteiger partial charge in [0.25, 0.3) is 5.91 Å². The number of hydrogen-bond donors (Lipinski definition) is 1. The van der Waals surface area contributed by atoms with E-state index in [1.54, 1.807) is 11.0 Å². The summed E-state index contributed by atoms with van der Waals surface area (Å²) < 4.78 is 13.7. The number of halogens is 2. The standard InChI is InChI=1S/C13H17FIN3O/c1-17-4-5-18(10(7-16)8-17)13(19)11-3-2-9(14)6-12(11)15/h2-3,6,10H,4-5,7-8,16H2,1H3. The van der Waals surface area contributed by atoms with Gasteiger partial charge in [0.1, 0.15) is 5.82 Å². The molecule has 0 aromatic heterocycles. The van der Waals surface area contributed by atoms with E-state index < -0.39 is 0 Å². The van der Waals surface area contributed by atoms with Crippen LogP contribution in [0.15, 0.2) is 18.2 Å². The summed E-state index contributed by atoms with van der Waals surface area (Å²) in [7, 11) is 2.02. The molecular weight excluding hydrogens is 360 g/mol. The molecule has 1 atom stereocenters. The molecule has 1 unspecified atom stereocenters. The van der Waals surface area contributed by atoms with Gasteiger partial charge < -0.3 is 15.5 Å². The van der Waals surface area contributed by atoms with Crippen LogP contribution in [-0.2, 0) is 0 Å². The van der Waals surface area contributed by atoms with Crippen molar-refractivity contribution >= 4 is 28.5 Å². The van der Waals surface area contributed by atoms with Crippen molar-refractivity contribution < 1.29 is 9.18 Å². The lowest BCUT2D eigenvalue weighted by atomic mass is 10.1. The smallest absolute Gasteiger partial charge is 0.255 e. The molecule has 0 aliphatic carbocycles. The Labute approximate surface area is 125 Å². The van der Waals surface area contributed by atoms with E-state index in [-0.39, 0.29) is 17.8 Å². The maximum absolute atomic E-state index is 13.1. The van der Waals surface area contributed by atoms with Gasteiger partial charge in [-0.15, -0.1) is 0 Å². The monoisotopic (exact) mass is 377 g/mol. The number of amides is 1. The van der Waals surface area contributed by atoms with Crippen LogP contribution in [0.1, 0.15) is 10.4 Å². The highest BCUT2D eigenvalue weighted by Gasteiger charge is 2.29. The predicted molar refractivity (Wildman–Crippen MR) is 80.5 cm³/mol. The molecule has 19 heavy (non-hydrogen) atoms. The van der Waals surface area contributed by atoms with E-state index in [9.17, 15) is 9.18 Å². The van der Waals surface area contributed by atoms with Crippen molar-refractivity contribution in [3.63, 3.8) is 0 Å². The molecule has 2 rings (SSSR count). The number of likely N-dealkylation sites (N-methyl/N-ethyl adjacent to an activating group) is 1. The number of nitrogens with zero attached hydrogens (tertiary/aromatic N) is 2. The molecule has 1 aromatic rings. The Bertz CT molecular complexity index is 483. The molecule has 0 saturated carbocycles. The second-order valence-corrected chi connectivity index (χ2v) is 5.94. The van der Waals surface area contributed by atoms with Gasteiger partial charge in [-0.1, -0.05) is 0 Å². The summed E-state index contributed by atoms with van der Waals surface area (Å²) in [5.41, 5.74) is 6.30. The maximum Gasteiger partial charge on any atom is 0.255 e. The summed E-state index contributed by atoms with van der Waals surface area (Å²) >= 11 is 1.99. The van der Waals surface area contributed by atoms with Gasteiger partial charge in [-0.2, -0.15) is 0 Å². The molecule has 1 amide bonds. The first-order valence-corrected chi connectivity index (χ1v) is 7.25. The maximum atomic E-state index is 13.1. The van der Waals surface area contributed by atoms with Crippen molar-refractivity contribution in [2.24, 2.45) is 5.73 Å². The van der Waals surface area contributed by atoms with Crippen LogP contribution >= 0.6 is 22.6 Å². The minimum absolute atomic E-state index is 0.0205. The predicted octanol–water partition coefficient (Wildman–Crippen LogP) is 1.15. The summed E-state index contributed by atoms with van der Waals surface area (Å²) in [5.74, 6) is -0.386. The summed E-state index contributed by atoms with van der Waals surface area (Å²) in [5, 5.41) is 0. The topological polar surface area (TPSA) is 49.6 Å². The van der Waals surface area contributed by atoms with Crippen molar-refractivity contribution in [1.82, 2.24) is 9.80 Å². The molecule has 1 heterocycles. The van der Waals surface area contributed by atoms with E-state index in [1.807, 2.05) is 29.6 Å². The first kappa shape index (κ1) is 14.7. The number of carbonyl (C=O) groups is 1. The molecule has 1 aliphatic rings. The molecule has 4 nitrogen and oxygen atoms in total. The molecule has 0 radical (unpaired) electrons. The van der Waals surface area contributed by atoms with Crippen LogP contribution < -0.4 is 5.73 Å². The molecule has 2 N–H and O–H groups in total. The highest BCUT2D eigenvalue weighted by molar-refractivity contribution is 14.1. The Kier molecular flexibility index (Phi) is 4.75. The zero-order chi connectivity index (χ0) is 14.0. The number of carbonyl (C=O) groups excluding carboxylic acids is 1. The van der Waals surface area contributed by atoms with Crippen molar-refractivity contribution in [2.45, 2.75) is 6.04 Å². The molecule has 0 spiro atoms. The molecule has 0 bridgehead atoms. The zero-order valence-electron chi connectivity index (χ0n) is 10.8. The Morgan fingerprint density at radius 2 is 2.26 bits per heavy atom. The van der Waals surface area contributed by atoms with Gasteiger partial charge in [-0.25, -0.2) is 4.39 Å². The third-order valence-corrected chi connectivity index (χ3v) is 4.27. The number of rotatable bonds is 2. The molecule has 1 aliphatic heterocycles. The lowest BCUT2D eigenvalue weighted by Crippen LogP contribution is -2.56. The molecule has 1 saturated heterocycles. The van der Waals surface area contributed by atoms with Crippen molar-refractivity contribution in [1.29, 1.82) is 0 Å². The average molecular weight is 377 g/mol. The summed E-state index contributed by atoms with van der Waals surface area (Å²) in [6.45, 7) is 2.71. The van der Waals surface area contributed by atoms with Gasteiger partial charge in [0.05, 0.1) is 11.6 Å². The second-order valence-electron chi connectivity index (χ2n) is 4.77. The number of benzene rings is 1. The van der Waals surface area contributed by atoms with E-state index in [1.165, 1.54) is 12.1 Å². The minimum Gasteiger partial charge on any atom is -0.332 e. The fourth-order valence-electron chi connectivity index (χ4n) is 2.30. The minimum atomic E-state index is -0.324. The van der Waals surface area contributed by atoms with Crippen LogP contribution in [0.2, 0.25) is 0 Å². The Balaban J connectivity index is 2.22. The quantitative estimate of drug-likeness (QED) is 0.787. The highest BCUT2D eigenvalue weighted by atomic mass is 127. The van der Waals surface area contributed by atoms with Gasteiger partial charge in [0, 0.05) is 29.7 Å². The van der Waals surface area contributed by atoms with E-state index in [0.29, 0.717) is 22.2 Å². The fraction of sp³-hybridized carbons (Fsp3) is 0.462. The lowest BCUT2D eigenvalue weighted by Gasteiger charge is -2.39. The summed E-state index contributed by atoms with van der Waals surface area (Å²) in [4.78, 5) is 16.5. The summed E-state index contributed by atoms with van der Waals surface area (Å²) in [6, 6.07) is 4.27. The van der Waals surface area contributed by atoms with Crippen molar-refractivity contribution in [2.75, 3.05) is 33.2 Å². The largest absolute Gasteiger partial charge is 0.332 e. The van der Waals surface area contributed by atoms with Crippen LogP contribution in [0, 0.1) is 9.39 Å². The summed E-state index contributed by atoms with van der Waals surface area (Å²) in [6.07, 6.45) is 0. The third-order valence-electron chi connectivity index (χ3n) is 3.38. The Hall–Kier alpha value is -0.730. The molecule has 104 valence electrons. The molecular formula is C13H17FIN3O. The highest BCUT2D eigenvalue weighted by Crippen LogP contribution is 2.19. The first-order valence-electron chi connectivity index (χ1n) is 6.17. The number of piperazine rings is 1. The van der Waals surface area contributed by atoms with Crippen LogP contribution in [-0.4, -0.2) is 55.0 Å². The van der Waals surface area contributed by atoms with Gasteiger partial charge in [0.2, 0.25) is 0 Å². The average Bonchev–Trinajstić information content (AvgIpc) is 2.37.